The molecule has 0 aliphatic carbocycles. The summed E-state index contributed by atoms with van der Waals surface area (Å²) in [7, 11) is 0. The van der Waals surface area contributed by atoms with E-state index < -0.39 is 17.9 Å². The van der Waals surface area contributed by atoms with Crippen molar-refractivity contribution in [1.82, 2.24) is 5.32 Å². The van der Waals surface area contributed by atoms with E-state index in [1.54, 1.807) is 24.3 Å². The highest BCUT2D eigenvalue weighted by Crippen LogP contribution is 2.20. The molecule has 0 saturated heterocycles. The van der Waals surface area contributed by atoms with Crippen LogP contribution in [0.3, 0.4) is 0 Å². The largest absolute Gasteiger partial charge is 0.394 e. The highest BCUT2D eigenvalue weighted by molar-refractivity contribution is 9.10. The second-order valence-corrected chi connectivity index (χ2v) is 4.55. The van der Waals surface area contributed by atoms with E-state index in [-0.39, 0.29) is 6.61 Å². The van der Waals surface area contributed by atoms with Gasteiger partial charge in [0.05, 0.1) is 18.3 Å². The number of nitrogens with one attached hydrogen (secondary N) is 2. The minimum atomic E-state index is -0.758. The van der Waals surface area contributed by atoms with E-state index in [0.717, 1.165) is 0 Å². The average Bonchev–Trinajstić information content (AvgIpc) is 2.38. The van der Waals surface area contributed by atoms with Crippen molar-refractivity contribution in [3.05, 3.63) is 28.7 Å². The summed E-state index contributed by atoms with van der Waals surface area (Å²) in [6.45, 7) is 1.62. The molecule has 0 radical (unpaired) electrons. The predicted molar refractivity (Wildman–Crippen MR) is 72.1 cm³/mol. The van der Waals surface area contributed by atoms with Crippen molar-refractivity contribution >= 4 is 33.4 Å². The van der Waals surface area contributed by atoms with Crippen molar-refractivity contribution in [2.24, 2.45) is 0 Å². The first-order chi connectivity index (χ1) is 8.58. The van der Waals surface area contributed by atoms with Gasteiger partial charge in [0.1, 0.15) is 0 Å². The lowest BCUT2D eigenvalue weighted by atomic mass is 10.2. The molecule has 98 valence electrons. The normalized spacial score (nSPS) is 11.7. The summed E-state index contributed by atoms with van der Waals surface area (Å²) in [5, 5.41) is 13.9. The molecule has 1 aromatic carbocycles. The summed E-state index contributed by atoms with van der Waals surface area (Å²) < 4.78 is 0.695. The molecule has 1 atom stereocenters. The lowest BCUT2D eigenvalue weighted by molar-refractivity contribution is -0.136. The van der Waals surface area contributed by atoms with Crippen molar-refractivity contribution in [2.75, 3.05) is 11.9 Å². The Morgan fingerprint density at radius 2 is 2.00 bits per heavy atom. The first-order valence-corrected chi connectivity index (χ1v) is 6.35. The number of rotatable bonds is 4. The molecule has 0 bridgehead atoms. The summed E-state index contributed by atoms with van der Waals surface area (Å²) >= 11 is 3.27. The Kier molecular flexibility index (Phi) is 5.80. The van der Waals surface area contributed by atoms with Crippen LogP contribution >= 0.6 is 15.9 Å². The number of amides is 2. The summed E-state index contributed by atoms with van der Waals surface area (Å²) in [4.78, 5) is 23.1. The van der Waals surface area contributed by atoms with E-state index in [4.69, 9.17) is 5.11 Å². The van der Waals surface area contributed by atoms with Gasteiger partial charge in [-0.1, -0.05) is 19.1 Å². The molecular formula is C12H15BrN2O3. The number of halogens is 1. The van der Waals surface area contributed by atoms with Crippen molar-refractivity contribution in [2.45, 2.75) is 19.4 Å². The maximum Gasteiger partial charge on any atom is 0.313 e. The highest BCUT2D eigenvalue weighted by Gasteiger charge is 2.17. The molecular weight excluding hydrogens is 300 g/mol. The summed E-state index contributed by atoms with van der Waals surface area (Å²) in [5.41, 5.74) is 0.523. The zero-order valence-electron chi connectivity index (χ0n) is 9.94. The Morgan fingerprint density at radius 3 is 2.56 bits per heavy atom. The van der Waals surface area contributed by atoms with Gasteiger partial charge in [-0.2, -0.15) is 0 Å². The molecule has 1 rings (SSSR count). The standard InChI is InChI=1S/C12H15BrN2O3/c1-2-8(7-16)14-11(17)12(18)15-10-6-4-3-5-9(10)13/h3-6,8,16H,2,7H2,1H3,(H,14,17)(H,15,18)/t8-/m0/s1. The van der Waals surface area contributed by atoms with Crippen LogP contribution in [0.2, 0.25) is 0 Å². The van der Waals surface area contributed by atoms with Gasteiger partial charge >= 0.3 is 11.8 Å². The van der Waals surface area contributed by atoms with Crippen LogP contribution in [0, 0.1) is 0 Å². The number of aliphatic hydroxyl groups excluding tert-OH is 1. The Labute approximate surface area is 114 Å². The monoisotopic (exact) mass is 314 g/mol. The first kappa shape index (κ1) is 14.7. The maximum absolute atomic E-state index is 11.6. The summed E-state index contributed by atoms with van der Waals surface area (Å²) in [6, 6.07) is 6.59. The maximum atomic E-state index is 11.6. The van der Waals surface area contributed by atoms with Crippen molar-refractivity contribution < 1.29 is 14.7 Å². The number of anilines is 1. The number of carbonyl (C=O) groups is 2. The quantitative estimate of drug-likeness (QED) is 0.732. The molecule has 1 aromatic rings. The fourth-order valence-corrected chi connectivity index (χ4v) is 1.65. The number of hydrogen-bond acceptors (Lipinski definition) is 3. The van der Waals surface area contributed by atoms with Crippen LogP contribution in [-0.4, -0.2) is 29.6 Å². The SMILES string of the molecule is CC[C@@H](CO)NC(=O)C(=O)Nc1ccccc1Br. The van der Waals surface area contributed by atoms with E-state index in [1.165, 1.54) is 0 Å². The molecule has 0 unspecified atom stereocenters. The number of hydrogen-bond donors (Lipinski definition) is 3. The van der Waals surface area contributed by atoms with Gasteiger partial charge in [-0.15, -0.1) is 0 Å². The number of benzene rings is 1. The van der Waals surface area contributed by atoms with Crippen molar-refractivity contribution in [3.63, 3.8) is 0 Å². The van der Waals surface area contributed by atoms with E-state index in [0.29, 0.717) is 16.6 Å². The summed E-state index contributed by atoms with van der Waals surface area (Å²) in [5.74, 6) is -1.51. The zero-order chi connectivity index (χ0) is 13.5. The Balaban J connectivity index is 2.61. The Hall–Kier alpha value is -1.40. The zero-order valence-corrected chi connectivity index (χ0v) is 11.5. The van der Waals surface area contributed by atoms with Gasteiger partial charge < -0.3 is 15.7 Å². The van der Waals surface area contributed by atoms with Crippen LogP contribution in [0.4, 0.5) is 5.69 Å². The van der Waals surface area contributed by atoms with Gasteiger partial charge in [0.2, 0.25) is 0 Å². The third-order valence-corrected chi connectivity index (χ3v) is 3.07. The van der Waals surface area contributed by atoms with E-state index in [2.05, 4.69) is 26.6 Å². The van der Waals surface area contributed by atoms with E-state index in [9.17, 15) is 9.59 Å². The van der Waals surface area contributed by atoms with Crippen LogP contribution in [0.5, 0.6) is 0 Å². The van der Waals surface area contributed by atoms with Gasteiger partial charge in [-0.3, -0.25) is 9.59 Å². The topological polar surface area (TPSA) is 78.4 Å². The summed E-state index contributed by atoms with van der Waals surface area (Å²) in [6.07, 6.45) is 0.560. The van der Waals surface area contributed by atoms with Crippen LogP contribution in [-0.2, 0) is 9.59 Å². The molecule has 6 heteroatoms. The van der Waals surface area contributed by atoms with E-state index in [1.807, 2.05) is 6.92 Å². The molecule has 0 aromatic heterocycles. The van der Waals surface area contributed by atoms with Gasteiger partial charge in [0.15, 0.2) is 0 Å². The smallest absolute Gasteiger partial charge is 0.313 e. The van der Waals surface area contributed by atoms with Crippen LogP contribution < -0.4 is 10.6 Å². The second-order valence-electron chi connectivity index (χ2n) is 3.70. The molecule has 18 heavy (non-hydrogen) atoms. The van der Waals surface area contributed by atoms with Gasteiger partial charge in [0, 0.05) is 4.47 Å². The molecule has 0 saturated carbocycles. The third-order valence-electron chi connectivity index (χ3n) is 2.38. The molecule has 3 N–H and O–H groups in total. The van der Waals surface area contributed by atoms with Crippen molar-refractivity contribution in [3.8, 4) is 0 Å². The molecule has 0 fully saturated rings. The van der Waals surface area contributed by atoms with Gasteiger partial charge in [-0.05, 0) is 34.5 Å². The number of para-hydroxylation sites is 1. The lowest BCUT2D eigenvalue weighted by Crippen LogP contribution is -2.43. The number of carbonyl (C=O) groups excluding carboxylic acids is 2. The molecule has 0 spiro atoms. The molecule has 0 heterocycles. The van der Waals surface area contributed by atoms with Crippen LogP contribution in [0.25, 0.3) is 0 Å². The third kappa shape index (κ3) is 4.12. The minimum absolute atomic E-state index is 0.190. The fraction of sp³-hybridized carbons (Fsp3) is 0.333. The molecule has 0 aliphatic heterocycles. The van der Waals surface area contributed by atoms with Crippen LogP contribution in [0.15, 0.2) is 28.7 Å². The highest BCUT2D eigenvalue weighted by atomic mass is 79.9. The van der Waals surface area contributed by atoms with E-state index >= 15 is 0 Å². The van der Waals surface area contributed by atoms with Crippen LogP contribution in [0.1, 0.15) is 13.3 Å². The van der Waals surface area contributed by atoms with Gasteiger partial charge in [-0.25, -0.2) is 0 Å². The fourth-order valence-electron chi connectivity index (χ4n) is 1.27. The molecule has 2 amide bonds. The minimum Gasteiger partial charge on any atom is -0.394 e. The predicted octanol–water partition coefficient (Wildman–Crippen LogP) is 1.27. The first-order valence-electron chi connectivity index (χ1n) is 5.55. The lowest BCUT2D eigenvalue weighted by Gasteiger charge is -2.13. The Bertz CT molecular complexity index is 433. The Morgan fingerprint density at radius 1 is 1.33 bits per heavy atom. The average molecular weight is 315 g/mol. The molecule has 0 aliphatic rings. The second kappa shape index (κ2) is 7.13. The number of aliphatic hydroxyl groups is 1. The van der Waals surface area contributed by atoms with Gasteiger partial charge in [0.25, 0.3) is 0 Å². The van der Waals surface area contributed by atoms with Crippen molar-refractivity contribution in [1.29, 1.82) is 0 Å². The molecule has 5 nitrogen and oxygen atoms in total.